The fourth-order valence-corrected chi connectivity index (χ4v) is 2.73. The fourth-order valence-electron chi connectivity index (χ4n) is 2.53. The maximum atomic E-state index is 6.10. The van der Waals surface area contributed by atoms with Gasteiger partial charge in [-0.25, -0.2) is 0 Å². The van der Waals surface area contributed by atoms with Gasteiger partial charge in [-0.15, -0.1) is 0 Å². The highest BCUT2D eigenvalue weighted by molar-refractivity contribution is 6.30. The van der Waals surface area contributed by atoms with E-state index in [4.69, 9.17) is 11.6 Å². The van der Waals surface area contributed by atoms with Gasteiger partial charge in [-0.1, -0.05) is 72.3 Å². The van der Waals surface area contributed by atoms with Gasteiger partial charge in [0.05, 0.1) is 0 Å². The molecule has 0 amide bonds. The molecule has 3 rings (SSSR count). The molecule has 0 saturated carbocycles. The summed E-state index contributed by atoms with van der Waals surface area (Å²) in [6.07, 6.45) is 0. The van der Waals surface area contributed by atoms with Gasteiger partial charge in [-0.3, -0.25) is 0 Å². The predicted octanol–water partition coefficient (Wildman–Crippen LogP) is 5.98. The highest BCUT2D eigenvalue weighted by atomic mass is 35.5. The summed E-state index contributed by atoms with van der Waals surface area (Å²) in [6.45, 7) is 2.17. The molecule has 0 spiro atoms. The van der Waals surface area contributed by atoms with Gasteiger partial charge in [-0.2, -0.15) is 0 Å². The number of benzene rings is 3. The molecular weight excluding hydrogens is 264 g/mol. The maximum absolute atomic E-state index is 6.10. The van der Waals surface area contributed by atoms with Crippen LogP contribution < -0.4 is 0 Å². The van der Waals surface area contributed by atoms with Crippen molar-refractivity contribution in [1.82, 2.24) is 0 Å². The monoisotopic (exact) mass is 278 g/mol. The molecule has 0 aliphatic rings. The summed E-state index contributed by atoms with van der Waals surface area (Å²) in [5.41, 5.74) is 6.18. The first-order chi connectivity index (χ1) is 9.75. The zero-order chi connectivity index (χ0) is 13.9. The summed E-state index contributed by atoms with van der Waals surface area (Å²) in [5, 5.41) is 0.770. The Morgan fingerprint density at radius 1 is 0.650 bits per heavy atom. The van der Waals surface area contributed by atoms with Crippen molar-refractivity contribution in [2.45, 2.75) is 6.92 Å². The second-order valence-corrected chi connectivity index (χ2v) is 5.29. The van der Waals surface area contributed by atoms with Crippen molar-refractivity contribution < 1.29 is 0 Å². The minimum Gasteiger partial charge on any atom is -0.0843 e. The normalized spacial score (nSPS) is 10.5. The molecule has 0 radical (unpaired) electrons. The van der Waals surface area contributed by atoms with E-state index in [1.54, 1.807) is 0 Å². The maximum Gasteiger partial charge on any atom is 0.0412 e. The van der Waals surface area contributed by atoms with Crippen LogP contribution in [0.25, 0.3) is 22.3 Å². The minimum absolute atomic E-state index is 0.770. The molecule has 0 heterocycles. The van der Waals surface area contributed by atoms with Gasteiger partial charge in [0, 0.05) is 5.02 Å². The summed E-state index contributed by atoms with van der Waals surface area (Å²) in [5.74, 6) is 0. The Kier molecular flexibility index (Phi) is 3.58. The van der Waals surface area contributed by atoms with Gasteiger partial charge in [0.15, 0.2) is 0 Å². The zero-order valence-electron chi connectivity index (χ0n) is 11.3. The molecule has 0 aromatic heterocycles. The van der Waals surface area contributed by atoms with Gasteiger partial charge in [0.2, 0.25) is 0 Å². The quantitative estimate of drug-likeness (QED) is 0.541. The molecule has 0 nitrogen and oxygen atoms in total. The van der Waals surface area contributed by atoms with Crippen LogP contribution in [0.15, 0.2) is 72.8 Å². The molecule has 3 aromatic carbocycles. The van der Waals surface area contributed by atoms with E-state index < -0.39 is 0 Å². The van der Waals surface area contributed by atoms with E-state index in [2.05, 4.69) is 55.5 Å². The predicted molar refractivity (Wildman–Crippen MR) is 87.1 cm³/mol. The van der Waals surface area contributed by atoms with Gasteiger partial charge in [-0.05, 0) is 46.9 Å². The van der Waals surface area contributed by atoms with Crippen molar-refractivity contribution in [3.05, 3.63) is 83.4 Å². The summed E-state index contributed by atoms with van der Waals surface area (Å²) in [6, 6.07) is 24.9. The van der Waals surface area contributed by atoms with Crippen molar-refractivity contribution in [3.8, 4) is 22.3 Å². The molecule has 20 heavy (non-hydrogen) atoms. The summed E-state index contributed by atoms with van der Waals surface area (Å²) in [7, 11) is 0. The molecule has 0 atom stereocenters. The average Bonchev–Trinajstić information content (AvgIpc) is 2.48. The van der Waals surface area contributed by atoms with Gasteiger partial charge in [0.1, 0.15) is 0 Å². The zero-order valence-corrected chi connectivity index (χ0v) is 12.1. The fraction of sp³-hybridized carbons (Fsp3) is 0.0526. The SMILES string of the molecule is Cc1c(-c2ccccc2)cccc1-c1cccc(Cl)c1. The lowest BCUT2D eigenvalue weighted by molar-refractivity contribution is 1.45. The van der Waals surface area contributed by atoms with Crippen LogP contribution in [0.1, 0.15) is 5.56 Å². The molecular formula is C19H15Cl. The van der Waals surface area contributed by atoms with E-state index in [9.17, 15) is 0 Å². The highest BCUT2D eigenvalue weighted by Crippen LogP contribution is 2.32. The van der Waals surface area contributed by atoms with Crippen LogP contribution in [0.2, 0.25) is 5.02 Å². The first-order valence-corrected chi connectivity index (χ1v) is 7.04. The molecule has 3 aromatic rings. The molecule has 0 N–H and O–H groups in total. The van der Waals surface area contributed by atoms with Crippen molar-refractivity contribution in [2.24, 2.45) is 0 Å². The second-order valence-electron chi connectivity index (χ2n) is 4.85. The van der Waals surface area contributed by atoms with Crippen molar-refractivity contribution in [2.75, 3.05) is 0 Å². The Morgan fingerprint density at radius 2 is 1.25 bits per heavy atom. The van der Waals surface area contributed by atoms with Gasteiger partial charge < -0.3 is 0 Å². The number of hydrogen-bond donors (Lipinski definition) is 0. The first-order valence-electron chi connectivity index (χ1n) is 6.67. The standard InChI is InChI=1S/C19H15Cl/c1-14-18(15-7-3-2-4-8-15)11-6-12-19(14)16-9-5-10-17(20)13-16/h2-13H,1H3. The Bertz CT molecular complexity index is 730. The van der Waals surface area contributed by atoms with Crippen LogP contribution in [0.4, 0.5) is 0 Å². The molecule has 98 valence electrons. The largest absolute Gasteiger partial charge is 0.0843 e. The van der Waals surface area contributed by atoms with E-state index in [0.717, 1.165) is 10.6 Å². The van der Waals surface area contributed by atoms with E-state index in [1.165, 1.54) is 22.3 Å². The molecule has 0 unspecified atom stereocenters. The smallest absolute Gasteiger partial charge is 0.0412 e. The topological polar surface area (TPSA) is 0 Å². The summed E-state index contributed by atoms with van der Waals surface area (Å²) >= 11 is 6.10. The molecule has 1 heteroatoms. The van der Waals surface area contributed by atoms with Crippen molar-refractivity contribution in [3.63, 3.8) is 0 Å². The molecule has 0 fully saturated rings. The lowest BCUT2D eigenvalue weighted by atomic mass is 9.93. The van der Waals surface area contributed by atoms with Crippen LogP contribution in [0.5, 0.6) is 0 Å². The van der Waals surface area contributed by atoms with Crippen LogP contribution in [-0.4, -0.2) is 0 Å². The Balaban J connectivity index is 2.15. The van der Waals surface area contributed by atoms with E-state index in [1.807, 2.05) is 24.3 Å². The molecule has 0 saturated heterocycles. The number of halogens is 1. The number of rotatable bonds is 2. The highest BCUT2D eigenvalue weighted by Gasteiger charge is 2.07. The van der Waals surface area contributed by atoms with Crippen LogP contribution in [-0.2, 0) is 0 Å². The van der Waals surface area contributed by atoms with Crippen LogP contribution in [0.3, 0.4) is 0 Å². The summed E-state index contributed by atoms with van der Waals surface area (Å²) < 4.78 is 0. The second kappa shape index (κ2) is 5.52. The van der Waals surface area contributed by atoms with Crippen molar-refractivity contribution in [1.29, 1.82) is 0 Å². The van der Waals surface area contributed by atoms with Crippen LogP contribution in [0, 0.1) is 6.92 Å². The van der Waals surface area contributed by atoms with E-state index in [0.29, 0.717) is 0 Å². The third-order valence-electron chi connectivity index (χ3n) is 3.55. The Morgan fingerprint density at radius 3 is 1.95 bits per heavy atom. The first kappa shape index (κ1) is 13.0. The lowest BCUT2D eigenvalue weighted by Crippen LogP contribution is -1.88. The van der Waals surface area contributed by atoms with Crippen LogP contribution >= 0.6 is 11.6 Å². The molecule has 0 aliphatic carbocycles. The lowest BCUT2D eigenvalue weighted by Gasteiger charge is -2.12. The van der Waals surface area contributed by atoms with Crippen molar-refractivity contribution >= 4 is 11.6 Å². The third-order valence-corrected chi connectivity index (χ3v) is 3.79. The van der Waals surface area contributed by atoms with Gasteiger partial charge >= 0.3 is 0 Å². The number of hydrogen-bond acceptors (Lipinski definition) is 0. The summed E-state index contributed by atoms with van der Waals surface area (Å²) in [4.78, 5) is 0. The van der Waals surface area contributed by atoms with E-state index >= 15 is 0 Å². The average molecular weight is 279 g/mol. The van der Waals surface area contributed by atoms with Gasteiger partial charge in [0.25, 0.3) is 0 Å². The Labute approximate surface area is 124 Å². The van der Waals surface area contributed by atoms with E-state index in [-0.39, 0.29) is 0 Å². The molecule has 0 aliphatic heterocycles. The Hall–Kier alpha value is -2.05. The minimum atomic E-state index is 0.770. The third kappa shape index (κ3) is 2.48. The molecule has 0 bridgehead atoms.